The summed E-state index contributed by atoms with van der Waals surface area (Å²) in [5.74, 6) is 2.50. The molecule has 0 unspecified atom stereocenters. The standard InChI is InChI=1S/C16H13BrN2O2S/c17-12-6-8-14(9-7-12)22-11-16-19-18-15(21-16)10-20-13-4-2-1-3-5-13/h1-9H,10-11H2. The molecule has 3 aromatic rings. The maximum Gasteiger partial charge on any atom is 0.253 e. The van der Waals surface area contributed by atoms with E-state index in [-0.39, 0.29) is 6.61 Å². The van der Waals surface area contributed by atoms with Crippen molar-refractivity contribution in [1.29, 1.82) is 0 Å². The average Bonchev–Trinajstić information content (AvgIpc) is 3.01. The second-order valence-electron chi connectivity index (χ2n) is 4.43. The van der Waals surface area contributed by atoms with Crippen molar-refractivity contribution in [2.75, 3.05) is 0 Å². The highest BCUT2D eigenvalue weighted by atomic mass is 79.9. The number of hydrogen-bond donors (Lipinski definition) is 0. The smallest absolute Gasteiger partial charge is 0.253 e. The maximum absolute atomic E-state index is 5.57. The number of para-hydroxylation sites is 1. The SMILES string of the molecule is Brc1ccc(SCc2nnc(COc3ccccc3)o2)cc1. The zero-order valence-corrected chi connectivity index (χ0v) is 14.0. The van der Waals surface area contributed by atoms with Gasteiger partial charge in [-0.3, -0.25) is 0 Å². The molecule has 0 fully saturated rings. The van der Waals surface area contributed by atoms with Crippen molar-refractivity contribution in [3.05, 3.63) is 70.9 Å². The first-order valence-electron chi connectivity index (χ1n) is 6.67. The van der Waals surface area contributed by atoms with Gasteiger partial charge < -0.3 is 9.15 Å². The number of ether oxygens (including phenoxy) is 1. The molecule has 0 aliphatic carbocycles. The van der Waals surface area contributed by atoms with Gasteiger partial charge in [0.25, 0.3) is 5.89 Å². The van der Waals surface area contributed by atoms with Crippen molar-refractivity contribution in [2.45, 2.75) is 17.3 Å². The summed E-state index contributed by atoms with van der Waals surface area (Å²) in [5, 5.41) is 8.03. The summed E-state index contributed by atoms with van der Waals surface area (Å²) in [7, 11) is 0. The van der Waals surface area contributed by atoms with E-state index in [1.54, 1.807) is 11.8 Å². The summed E-state index contributed by atoms with van der Waals surface area (Å²) in [4.78, 5) is 1.16. The fraction of sp³-hybridized carbons (Fsp3) is 0.125. The van der Waals surface area contributed by atoms with E-state index in [1.807, 2.05) is 54.6 Å². The molecule has 0 atom stereocenters. The fourth-order valence-electron chi connectivity index (χ4n) is 1.74. The van der Waals surface area contributed by atoms with Crippen molar-refractivity contribution in [3.63, 3.8) is 0 Å². The highest BCUT2D eigenvalue weighted by Gasteiger charge is 2.07. The van der Waals surface area contributed by atoms with Crippen molar-refractivity contribution >= 4 is 27.7 Å². The van der Waals surface area contributed by atoms with Crippen LogP contribution in [-0.2, 0) is 12.4 Å². The van der Waals surface area contributed by atoms with Crippen molar-refractivity contribution < 1.29 is 9.15 Å². The minimum atomic E-state index is 0.278. The first-order valence-corrected chi connectivity index (χ1v) is 8.45. The van der Waals surface area contributed by atoms with Gasteiger partial charge in [-0.1, -0.05) is 34.1 Å². The van der Waals surface area contributed by atoms with E-state index in [9.17, 15) is 0 Å². The van der Waals surface area contributed by atoms with Gasteiger partial charge in [0, 0.05) is 9.37 Å². The van der Waals surface area contributed by atoms with Crippen LogP contribution < -0.4 is 4.74 Å². The highest BCUT2D eigenvalue weighted by Crippen LogP contribution is 2.24. The number of rotatable bonds is 6. The van der Waals surface area contributed by atoms with Gasteiger partial charge >= 0.3 is 0 Å². The van der Waals surface area contributed by atoms with Gasteiger partial charge in [-0.2, -0.15) is 0 Å². The number of halogens is 1. The van der Waals surface area contributed by atoms with Crippen LogP contribution in [0.4, 0.5) is 0 Å². The minimum Gasteiger partial charge on any atom is -0.484 e. The zero-order valence-electron chi connectivity index (χ0n) is 11.6. The van der Waals surface area contributed by atoms with Crippen LogP contribution in [-0.4, -0.2) is 10.2 Å². The Morgan fingerprint density at radius 3 is 2.45 bits per heavy atom. The zero-order chi connectivity index (χ0) is 15.2. The third kappa shape index (κ3) is 4.35. The number of benzene rings is 2. The van der Waals surface area contributed by atoms with Crippen molar-refractivity contribution in [3.8, 4) is 5.75 Å². The van der Waals surface area contributed by atoms with E-state index in [1.165, 1.54) is 0 Å². The van der Waals surface area contributed by atoms with Crippen LogP contribution in [0.15, 0.2) is 68.4 Å². The molecule has 1 aromatic heterocycles. The normalized spacial score (nSPS) is 10.6. The molecule has 4 nitrogen and oxygen atoms in total. The van der Waals surface area contributed by atoms with Gasteiger partial charge in [0.15, 0.2) is 6.61 Å². The molecule has 0 radical (unpaired) electrons. The van der Waals surface area contributed by atoms with E-state index in [4.69, 9.17) is 9.15 Å². The van der Waals surface area contributed by atoms with Crippen LogP contribution in [0.3, 0.4) is 0 Å². The first-order chi connectivity index (χ1) is 10.8. The van der Waals surface area contributed by atoms with Crippen molar-refractivity contribution in [2.24, 2.45) is 0 Å². The van der Waals surface area contributed by atoms with E-state index in [2.05, 4.69) is 26.1 Å². The van der Waals surface area contributed by atoms with Crippen LogP contribution in [0.2, 0.25) is 0 Å². The van der Waals surface area contributed by atoms with Gasteiger partial charge in [0.1, 0.15) is 5.75 Å². The molecule has 0 saturated heterocycles. The average molecular weight is 377 g/mol. The summed E-state index contributed by atoms with van der Waals surface area (Å²) in [6, 6.07) is 17.7. The predicted octanol–water partition coefficient (Wildman–Crippen LogP) is 4.70. The van der Waals surface area contributed by atoms with E-state index in [0.29, 0.717) is 17.5 Å². The molecule has 0 bridgehead atoms. The van der Waals surface area contributed by atoms with Crippen LogP contribution in [0, 0.1) is 0 Å². The Hall–Kier alpha value is -1.79. The van der Waals surface area contributed by atoms with Gasteiger partial charge in [-0.05, 0) is 36.4 Å². The molecule has 0 amide bonds. The van der Waals surface area contributed by atoms with Gasteiger partial charge in [-0.25, -0.2) is 0 Å². The summed E-state index contributed by atoms with van der Waals surface area (Å²) in [6.45, 7) is 0.278. The minimum absolute atomic E-state index is 0.278. The lowest BCUT2D eigenvalue weighted by molar-refractivity contribution is 0.260. The summed E-state index contributed by atoms with van der Waals surface area (Å²) in [5.41, 5.74) is 0. The Labute approximate surface area is 141 Å². The first kappa shape index (κ1) is 15.1. The van der Waals surface area contributed by atoms with Crippen molar-refractivity contribution in [1.82, 2.24) is 10.2 Å². The summed E-state index contributed by atoms with van der Waals surface area (Å²) in [6.07, 6.45) is 0. The molecule has 0 spiro atoms. The second kappa shape index (κ2) is 7.47. The fourth-order valence-corrected chi connectivity index (χ4v) is 2.74. The molecule has 0 saturated carbocycles. The Morgan fingerprint density at radius 2 is 1.68 bits per heavy atom. The lowest BCUT2D eigenvalue weighted by Gasteiger charge is -2.01. The highest BCUT2D eigenvalue weighted by molar-refractivity contribution is 9.10. The molecule has 22 heavy (non-hydrogen) atoms. The number of aromatic nitrogens is 2. The van der Waals surface area contributed by atoms with Crippen LogP contribution >= 0.6 is 27.7 Å². The predicted molar refractivity (Wildman–Crippen MR) is 88.8 cm³/mol. The molecule has 0 aliphatic heterocycles. The molecular formula is C16H13BrN2O2S. The molecular weight excluding hydrogens is 364 g/mol. The van der Waals surface area contributed by atoms with E-state index in [0.717, 1.165) is 15.1 Å². The largest absolute Gasteiger partial charge is 0.484 e. The molecule has 112 valence electrons. The summed E-state index contributed by atoms with van der Waals surface area (Å²) < 4.78 is 12.2. The summed E-state index contributed by atoms with van der Waals surface area (Å²) >= 11 is 5.07. The van der Waals surface area contributed by atoms with Crippen LogP contribution in [0.5, 0.6) is 5.75 Å². The number of thioether (sulfide) groups is 1. The lowest BCUT2D eigenvalue weighted by Crippen LogP contribution is -1.95. The van der Waals surface area contributed by atoms with Gasteiger partial charge in [0.2, 0.25) is 5.89 Å². The lowest BCUT2D eigenvalue weighted by atomic mass is 10.3. The quantitative estimate of drug-likeness (QED) is 0.583. The Bertz CT molecular complexity index is 717. The molecule has 0 N–H and O–H groups in total. The third-order valence-corrected chi connectivity index (χ3v) is 4.32. The Kier molecular flexibility index (Phi) is 5.13. The topological polar surface area (TPSA) is 48.2 Å². The monoisotopic (exact) mass is 376 g/mol. The van der Waals surface area contributed by atoms with Crippen LogP contribution in [0.1, 0.15) is 11.8 Å². The second-order valence-corrected chi connectivity index (χ2v) is 6.40. The molecule has 6 heteroatoms. The third-order valence-electron chi connectivity index (χ3n) is 2.79. The molecule has 2 aromatic carbocycles. The number of hydrogen-bond acceptors (Lipinski definition) is 5. The molecule has 0 aliphatic rings. The molecule has 1 heterocycles. The van der Waals surface area contributed by atoms with Gasteiger partial charge in [0.05, 0.1) is 5.75 Å². The van der Waals surface area contributed by atoms with Crippen LogP contribution in [0.25, 0.3) is 0 Å². The van der Waals surface area contributed by atoms with Gasteiger partial charge in [-0.15, -0.1) is 22.0 Å². The molecule has 3 rings (SSSR count). The maximum atomic E-state index is 5.57. The van der Waals surface area contributed by atoms with E-state index >= 15 is 0 Å². The Balaban J connectivity index is 1.51. The Morgan fingerprint density at radius 1 is 0.955 bits per heavy atom. The number of nitrogens with zero attached hydrogens (tertiary/aromatic N) is 2. The van der Waals surface area contributed by atoms with E-state index < -0.39 is 0 Å².